The topological polar surface area (TPSA) is 27.7 Å². The summed E-state index contributed by atoms with van der Waals surface area (Å²) in [7, 11) is 4.42. The highest BCUT2D eigenvalue weighted by atomic mass is 16.5. The van der Waals surface area contributed by atoms with Gasteiger partial charge in [-0.2, -0.15) is 0 Å². The molecule has 1 unspecified atom stereocenters. The Morgan fingerprint density at radius 1 is 1.24 bits per heavy atom. The number of ether oxygens (including phenoxy) is 1. The van der Waals surface area contributed by atoms with Gasteiger partial charge in [0.25, 0.3) is 0 Å². The number of piperazine rings is 1. The highest BCUT2D eigenvalue weighted by molar-refractivity contribution is 5.33. The average Bonchev–Trinajstić information content (AvgIpc) is 2.44. The van der Waals surface area contributed by atoms with Gasteiger partial charge in [0.1, 0.15) is 5.75 Å². The summed E-state index contributed by atoms with van der Waals surface area (Å²) in [5, 5.41) is 3.59. The number of rotatable bonds is 6. The van der Waals surface area contributed by atoms with Crippen LogP contribution >= 0.6 is 0 Å². The van der Waals surface area contributed by atoms with E-state index in [1.165, 1.54) is 5.56 Å². The minimum atomic E-state index is 0.212. The number of nitrogens with zero attached hydrogens (tertiary/aromatic N) is 2. The van der Waals surface area contributed by atoms with Crippen LogP contribution in [0, 0.1) is 0 Å². The van der Waals surface area contributed by atoms with E-state index in [9.17, 15) is 0 Å². The van der Waals surface area contributed by atoms with Crippen molar-refractivity contribution < 1.29 is 4.74 Å². The van der Waals surface area contributed by atoms with Gasteiger partial charge in [-0.05, 0) is 34.0 Å². The SMILES string of the molecule is CC(C)Oc1ccccc1CNCC1CN(C)CCN1C. The zero-order valence-corrected chi connectivity index (χ0v) is 13.8. The first-order valence-electron chi connectivity index (χ1n) is 7.90. The quantitative estimate of drug-likeness (QED) is 0.865. The molecule has 118 valence electrons. The summed E-state index contributed by atoms with van der Waals surface area (Å²) in [5.74, 6) is 0.995. The zero-order valence-electron chi connectivity index (χ0n) is 13.8. The molecule has 21 heavy (non-hydrogen) atoms. The number of hydrogen-bond acceptors (Lipinski definition) is 4. The first-order chi connectivity index (χ1) is 10.1. The molecule has 0 bridgehead atoms. The Morgan fingerprint density at radius 2 is 2.00 bits per heavy atom. The maximum atomic E-state index is 5.87. The van der Waals surface area contributed by atoms with Crippen molar-refractivity contribution in [2.75, 3.05) is 40.3 Å². The van der Waals surface area contributed by atoms with Gasteiger partial charge in [-0.3, -0.25) is 4.90 Å². The number of likely N-dealkylation sites (N-methyl/N-ethyl adjacent to an activating group) is 2. The van der Waals surface area contributed by atoms with Gasteiger partial charge in [0, 0.05) is 44.3 Å². The molecule has 0 amide bonds. The molecule has 0 aliphatic carbocycles. The molecule has 4 heteroatoms. The molecular weight excluding hydrogens is 262 g/mol. The van der Waals surface area contributed by atoms with Crippen LogP contribution in [0.25, 0.3) is 0 Å². The van der Waals surface area contributed by atoms with E-state index in [-0.39, 0.29) is 6.10 Å². The Bertz CT molecular complexity index is 436. The third kappa shape index (κ3) is 4.99. The van der Waals surface area contributed by atoms with E-state index in [1.54, 1.807) is 0 Å². The second-order valence-electron chi connectivity index (χ2n) is 6.30. The van der Waals surface area contributed by atoms with E-state index in [4.69, 9.17) is 4.74 Å². The Kier molecular flexibility index (Phi) is 6.03. The molecule has 2 rings (SSSR count). The van der Waals surface area contributed by atoms with Crippen LogP contribution in [0.2, 0.25) is 0 Å². The molecule has 0 saturated carbocycles. The molecule has 1 aromatic rings. The van der Waals surface area contributed by atoms with Gasteiger partial charge in [-0.15, -0.1) is 0 Å². The maximum Gasteiger partial charge on any atom is 0.124 e. The van der Waals surface area contributed by atoms with Gasteiger partial charge < -0.3 is 15.0 Å². The molecule has 1 aliphatic rings. The maximum absolute atomic E-state index is 5.87. The predicted octanol–water partition coefficient (Wildman–Crippen LogP) is 1.81. The van der Waals surface area contributed by atoms with Crippen LogP contribution in [0.5, 0.6) is 5.75 Å². The third-order valence-corrected chi connectivity index (χ3v) is 4.01. The lowest BCUT2D eigenvalue weighted by Gasteiger charge is -2.37. The molecular formula is C17H29N3O. The van der Waals surface area contributed by atoms with Gasteiger partial charge in [-0.25, -0.2) is 0 Å². The lowest BCUT2D eigenvalue weighted by atomic mass is 10.1. The highest BCUT2D eigenvalue weighted by Gasteiger charge is 2.21. The second kappa shape index (κ2) is 7.78. The first-order valence-corrected chi connectivity index (χ1v) is 7.90. The van der Waals surface area contributed by atoms with Crippen molar-refractivity contribution in [1.29, 1.82) is 0 Å². The standard InChI is InChI=1S/C17H29N3O/c1-14(2)21-17-8-6-5-7-15(17)11-18-12-16-13-19(3)9-10-20(16)4/h5-8,14,16,18H,9-13H2,1-4H3. The zero-order chi connectivity index (χ0) is 15.2. The molecule has 1 heterocycles. The first kappa shape index (κ1) is 16.3. The summed E-state index contributed by atoms with van der Waals surface area (Å²) in [6.07, 6.45) is 0.212. The fourth-order valence-electron chi connectivity index (χ4n) is 2.71. The Balaban J connectivity index is 1.85. The summed E-state index contributed by atoms with van der Waals surface area (Å²) >= 11 is 0. The number of para-hydroxylation sites is 1. The van der Waals surface area contributed by atoms with Gasteiger partial charge in [0.05, 0.1) is 6.10 Å². The molecule has 1 atom stereocenters. The fourth-order valence-corrected chi connectivity index (χ4v) is 2.71. The lowest BCUT2D eigenvalue weighted by molar-refractivity contribution is 0.113. The van der Waals surface area contributed by atoms with E-state index < -0.39 is 0 Å². The van der Waals surface area contributed by atoms with Crippen LogP contribution in [-0.2, 0) is 6.54 Å². The van der Waals surface area contributed by atoms with Crippen LogP contribution in [0.4, 0.5) is 0 Å². The molecule has 1 fully saturated rings. The van der Waals surface area contributed by atoms with Crippen molar-refractivity contribution in [2.45, 2.75) is 32.5 Å². The molecule has 0 spiro atoms. The Morgan fingerprint density at radius 3 is 2.76 bits per heavy atom. The number of hydrogen-bond donors (Lipinski definition) is 1. The summed E-state index contributed by atoms with van der Waals surface area (Å²) in [4.78, 5) is 4.85. The van der Waals surface area contributed by atoms with Crippen molar-refractivity contribution >= 4 is 0 Å². The third-order valence-electron chi connectivity index (χ3n) is 4.01. The monoisotopic (exact) mass is 291 g/mol. The summed E-state index contributed by atoms with van der Waals surface area (Å²) in [6.45, 7) is 9.45. The minimum Gasteiger partial charge on any atom is -0.491 e. The molecule has 1 saturated heterocycles. The van der Waals surface area contributed by atoms with E-state index in [0.29, 0.717) is 6.04 Å². The summed E-state index contributed by atoms with van der Waals surface area (Å²) in [6, 6.07) is 8.89. The van der Waals surface area contributed by atoms with Crippen LogP contribution in [0.1, 0.15) is 19.4 Å². The van der Waals surface area contributed by atoms with Crippen molar-refractivity contribution in [1.82, 2.24) is 15.1 Å². The van der Waals surface area contributed by atoms with E-state index in [2.05, 4.69) is 61.3 Å². The van der Waals surface area contributed by atoms with Gasteiger partial charge >= 0.3 is 0 Å². The molecule has 0 radical (unpaired) electrons. The second-order valence-corrected chi connectivity index (χ2v) is 6.30. The van der Waals surface area contributed by atoms with Crippen molar-refractivity contribution in [3.05, 3.63) is 29.8 Å². The van der Waals surface area contributed by atoms with Crippen molar-refractivity contribution in [3.8, 4) is 5.75 Å². The normalized spacial score (nSPS) is 20.9. The minimum absolute atomic E-state index is 0.212. The molecule has 1 aromatic carbocycles. The molecule has 1 aliphatic heterocycles. The van der Waals surface area contributed by atoms with E-state index in [1.807, 2.05) is 6.07 Å². The largest absolute Gasteiger partial charge is 0.491 e. The van der Waals surface area contributed by atoms with Crippen LogP contribution < -0.4 is 10.1 Å². The molecule has 4 nitrogen and oxygen atoms in total. The Hall–Kier alpha value is -1.10. The number of nitrogens with one attached hydrogen (secondary N) is 1. The average molecular weight is 291 g/mol. The van der Waals surface area contributed by atoms with Crippen LogP contribution in [-0.4, -0.2) is 62.2 Å². The van der Waals surface area contributed by atoms with Crippen LogP contribution in [0.15, 0.2) is 24.3 Å². The van der Waals surface area contributed by atoms with Gasteiger partial charge in [0.2, 0.25) is 0 Å². The fraction of sp³-hybridized carbons (Fsp3) is 0.647. The van der Waals surface area contributed by atoms with Crippen LogP contribution in [0.3, 0.4) is 0 Å². The smallest absolute Gasteiger partial charge is 0.124 e. The lowest BCUT2D eigenvalue weighted by Crippen LogP contribution is -2.53. The predicted molar refractivity (Wildman–Crippen MR) is 87.8 cm³/mol. The highest BCUT2D eigenvalue weighted by Crippen LogP contribution is 2.19. The molecule has 1 N–H and O–H groups in total. The van der Waals surface area contributed by atoms with Crippen molar-refractivity contribution in [3.63, 3.8) is 0 Å². The summed E-state index contributed by atoms with van der Waals surface area (Å²) in [5.41, 5.74) is 1.23. The van der Waals surface area contributed by atoms with Crippen molar-refractivity contribution in [2.24, 2.45) is 0 Å². The molecule has 0 aromatic heterocycles. The van der Waals surface area contributed by atoms with Gasteiger partial charge in [-0.1, -0.05) is 18.2 Å². The van der Waals surface area contributed by atoms with E-state index >= 15 is 0 Å². The number of benzene rings is 1. The van der Waals surface area contributed by atoms with Gasteiger partial charge in [0.15, 0.2) is 0 Å². The Labute approximate surface area is 129 Å². The summed E-state index contributed by atoms with van der Waals surface area (Å²) < 4.78 is 5.87. The van der Waals surface area contributed by atoms with E-state index in [0.717, 1.165) is 38.5 Å².